The number of carbonyl (C=O) groups excluding carboxylic acids is 1. The van der Waals surface area contributed by atoms with Crippen molar-refractivity contribution in [3.63, 3.8) is 0 Å². The highest BCUT2D eigenvalue weighted by Gasteiger charge is 2.33. The predicted molar refractivity (Wildman–Crippen MR) is 138 cm³/mol. The van der Waals surface area contributed by atoms with Gasteiger partial charge < -0.3 is 14.2 Å². The van der Waals surface area contributed by atoms with Crippen molar-refractivity contribution in [1.82, 2.24) is 4.57 Å². The lowest BCUT2D eigenvalue weighted by atomic mass is 10.0. The molecule has 0 bridgehead atoms. The van der Waals surface area contributed by atoms with E-state index < -0.39 is 12.0 Å². The third-order valence-electron chi connectivity index (χ3n) is 5.57. The van der Waals surface area contributed by atoms with Crippen LogP contribution in [0, 0.1) is 0 Å². The molecule has 0 fully saturated rings. The van der Waals surface area contributed by atoms with E-state index in [9.17, 15) is 9.59 Å². The normalized spacial score (nSPS) is 15.5. The molecule has 0 spiro atoms. The Hall–Kier alpha value is -3.17. The Kier molecular flexibility index (Phi) is 7.87. The summed E-state index contributed by atoms with van der Waals surface area (Å²) in [4.78, 5) is 32.5. The summed E-state index contributed by atoms with van der Waals surface area (Å²) in [5.41, 5.74) is 1.56. The van der Waals surface area contributed by atoms with Crippen molar-refractivity contribution in [2.24, 2.45) is 4.99 Å². The minimum Gasteiger partial charge on any atom is -0.493 e. The van der Waals surface area contributed by atoms with Crippen molar-refractivity contribution in [3.05, 3.63) is 77.1 Å². The number of fused-ring (bicyclic) bond motifs is 1. The predicted octanol–water partition coefficient (Wildman–Crippen LogP) is 4.05. The van der Waals surface area contributed by atoms with Gasteiger partial charge in [-0.25, -0.2) is 9.79 Å². The van der Waals surface area contributed by atoms with Gasteiger partial charge in [-0.05, 0) is 55.5 Å². The fraction of sp³-hybridized carbons (Fsp3) is 0.346. The molecule has 3 aromatic rings. The molecule has 1 atom stereocenters. The molecule has 35 heavy (non-hydrogen) atoms. The first-order valence-electron chi connectivity index (χ1n) is 11.5. The molecule has 7 nitrogen and oxygen atoms in total. The van der Waals surface area contributed by atoms with E-state index in [4.69, 9.17) is 14.2 Å². The summed E-state index contributed by atoms with van der Waals surface area (Å²) in [5.74, 6) is 0.830. The van der Waals surface area contributed by atoms with Gasteiger partial charge in [0.05, 0.1) is 36.1 Å². The summed E-state index contributed by atoms with van der Waals surface area (Å²) in [6.07, 6.45) is 3.83. The molecule has 0 radical (unpaired) electrons. The first-order valence-corrected chi connectivity index (χ1v) is 13.2. The van der Waals surface area contributed by atoms with E-state index in [2.05, 4.69) is 11.9 Å². The van der Waals surface area contributed by atoms with Gasteiger partial charge in [-0.2, -0.15) is 0 Å². The number of hydrogen-bond donors (Lipinski definition) is 0. The van der Waals surface area contributed by atoms with Gasteiger partial charge in [0.25, 0.3) is 5.56 Å². The molecular formula is C26H28N2O5S2. The monoisotopic (exact) mass is 512 g/mol. The number of unbranched alkanes of at least 4 members (excludes halogenated alkanes) is 1. The maximum absolute atomic E-state index is 13.6. The van der Waals surface area contributed by atoms with Gasteiger partial charge in [0.2, 0.25) is 0 Å². The summed E-state index contributed by atoms with van der Waals surface area (Å²) >= 11 is 2.79. The highest BCUT2D eigenvalue weighted by Crippen LogP contribution is 2.33. The van der Waals surface area contributed by atoms with E-state index in [1.54, 1.807) is 25.5 Å². The lowest BCUT2D eigenvalue weighted by molar-refractivity contribution is -0.139. The number of aromatic nitrogens is 1. The smallest absolute Gasteiger partial charge is 0.338 e. The average Bonchev–Trinajstić information content (AvgIpc) is 3.48. The topological polar surface area (TPSA) is 79.1 Å². The summed E-state index contributed by atoms with van der Waals surface area (Å²) in [6.45, 7) is 6.52. The molecule has 0 saturated carbocycles. The van der Waals surface area contributed by atoms with E-state index in [1.807, 2.05) is 41.8 Å². The Bertz CT molecular complexity index is 1420. The summed E-state index contributed by atoms with van der Waals surface area (Å²) in [5, 5.41) is 1.93. The Morgan fingerprint density at radius 1 is 1.23 bits per heavy atom. The van der Waals surface area contributed by atoms with E-state index in [-0.39, 0.29) is 12.2 Å². The van der Waals surface area contributed by atoms with Gasteiger partial charge in [-0.3, -0.25) is 9.36 Å². The molecule has 0 amide bonds. The summed E-state index contributed by atoms with van der Waals surface area (Å²) in [6, 6.07) is 8.86. The molecule has 1 aliphatic rings. The third kappa shape index (κ3) is 5.11. The number of ether oxygens (including phenoxy) is 3. The number of allylic oxidation sites excluding steroid dienone is 1. The average molecular weight is 513 g/mol. The second-order valence-corrected chi connectivity index (χ2v) is 9.92. The number of nitrogens with zero attached hydrogens (tertiary/aromatic N) is 2. The van der Waals surface area contributed by atoms with Crippen LogP contribution in [0.1, 0.15) is 50.1 Å². The van der Waals surface area contributed by atoms with E-state index in [1.165, 1.54) is 22.7 Å². The lowest BCUT2D eigenvalue weighted by Gasteiger charge is -2.23. The second-order valence-electron chi connectivity index (χ2n) is 7.93. The van der Waals surface area contributed by atoms with Crippen LogP contribution in [0.4, 0.5) is 0 Å². The van der Waals surface area contributed by atoms with E-state index in [0.717, 1.165) is 23.3 Å². The molecule has 1 aliphatic heterocycles. The van der Waals surface area contributed by atoms with Gasteiger partial charge in [0.1, 0.15) is 6.04 Å². The van der Waals surface area contributed by atoms with Crippen LogP contribution in [0.5, 0.6) is 11.5 Å². The first kappa shape index (κ1) is 24.9. The number of hydrogen-bond acceptors (Lipinski definition) is 8. The summed E-state index contributed by atoms with van der Waals surface area (Å²) in [7, 11) is 1.60. The zero-order valence-corrected chi connectivity index (χ0v) is 21.8. The molecule has 4 rings (SSSR count). The molecular weight excluding hydrogens is 484 g/mol. The maximum Gasteiger partial charge on any atom is 0.338 e. The number of benzene rings is 1. The van der Waals surface area contributed by atoms with Crippen molar-refractivity contribution < 1.29 is 19.0 Å². The van der Waals surface area contributed by atoms with Crippen LogP contribution in [-0.4, -0.2) is 30.9 Å². The van der Waals surface area contributed by atoms with Crippen LogP contribution in [0.15, 0.2) is 56.8 Å². The molecule has 0 aliphatic carbocycles. The van der Waals surface area contributed by atoms with Gasteiger partial charge >= 0.3 is 5.97 Å². The minimum atomic E-state index is -0.573. The number of rotatable bonds is 9. The molecule has 9 heteroatoms. The van der Waals surface area contributed by atoms with Crippen LogP contribution in [0.2, 0.25) is 0 Å². The van der Waals surface area contributed by atoms with Gasteiger partial charge in [0.15, 0.2) is 16.3 Å². The Morgan fingerprint density at radius 2 is 2.06 bits per heavy atom. The van der Waals surface area contributed by atoms with Crippen LogP contribution < -0.4 is 24.4 Å². The van der Waals surface area contributed by atoms with Crippen molar-refractivity contribution >= 4 is 34.7 Å². The zero-order valence-electron chi connectivity index (χ0n) is 20.2. The fourth-order valence-electron chi connectivity index (χ4n) is 3.88. The molecule has 0 saturated heterocycles. The lowest BCUT2D eigenvalue weighted by Crippen LogP contribution is -2.39. The second kappa shape index (κ2) is 11.0. The van der Waals surface area contributed by atoms with Crippen LogP contribution in [0.3, 0.4) is 0 Å². The van der Waals surface area contributed by atoms with E-state index in [0.29, 0.717) is 38.7 Å². The molecule has 1 unspecified atom stereocenters. The standard InChI is InChI=1S/C26H28N2O5S2/c1-5-7-12-33-18-11-10-17(14-19(18)31-4)15-21-24(29)28-23(20-9-8-13-34-20)22(25(30)32-6-2)16(3)27-26(28)35-21/h8-11,13-15,23H,5-7,12H2,1-4H3/b21-15-. The zero-order chi connectivity index (χ0) is 24.9. The van der Waals surface area contributed by atoms with Gasteiger partial charge in [-0.1, -0.05) is 36.8 Å². The van der Waals surface area contributed by atoms with Gasteiger partial charge in [0, 0.05) is 4.88 Å². The minimum absolute atomic E-state index is 0.205. The Labute approximate surface area is 211 Å². The van der Waals surface area contributed by atoms with E-state index >= 15 is 0 Å². The Balaban J connectivity index is 1.80. The third-order valence-corrected chi connectivity index (χ3v) is 7.48. The highest BCUT2D eigenvalue weighted by molar-refractivity contribution is 7.10. The maximum atomic E-state index is 13.6. The first-order chi connectivity index (χ1) is 17.0. The molecule has 0 N–H and O–H groups in total. The fourth-order valence-corrected chi connectivity index (χ4v) is 5.75. The molecule has 3 heterocycles. The molecule has 1 aromatic carbocycles. The van der Waals surface area contributed by atoms with Gasteiger partial charge in [-0.15, -0.1) is 11.3 Å². The van der Waals surface area contributed by atoms with Crippen molar-refractivity contribution in [1.29, 1.82) is 0 Å². The summed E-state index contributed by atoms with van der Waals surface area (Å²) < 4.78 is 18.8. The van der Waals surface area contributed by atoms with Crippen molar-refractivity contribution in [3.8, 4) is 11.5 Å². The highest BCUT2D eigenvalue weighted by atomic mass is 32.1. The Morgan fingerprint density at radius 3 is 2.74 bits per heavy atom. The largest absolute Gasteiger partial charge is 0.493 e. The number of carbonyl (C=O) groups is 1. The molecule has 184 valence electrons. The SMILES string of the molecule is CCCCOc1ccc(/C=c2\sc3n(c2=O)C(c2cccs2)C(C(=O)OCC)=C(C)N=3)cc1OC. The van der Waals surface area contributed by atoms with Crippen LogP contribution in [0.25, 0.3) is 6.08 Å². The number of methoxy groups -OCH3 is 1. The molecule has 2 aromatic heterocycles. The number of esters is 1. The van der Waals surface area contributed by atoms with Crippen molar-refractivity contribution in [2.75, 3.05) is 20.3 Å². The number of thiophene rings is 1. The number of thiazole rings is 1. The van der Waals surface area contributed by atoms with Crippen LogP contribution in [-0.2, 0) is 9.53 Å². The quantitative estimate of drug-likeness (QED) is 0.319. The van der Waals surface area contributed by atoms with Crippen molar-refractivity contribution in [2.45, 2.75) is 39.7 Å². The van der Waals surface area contributed by atoms with Crippen LogP contribution >= 0.6 is 22.7 Å².